The van der Waals surface area contributed by atoms with Crippen LogP contribution in [0.3, 0.4) is 0 Å². The molecule has 0 aromatic carbocycles. The highest BCUT2D eigenvalue weighted by Crippen LogP contribution is 2.01. The van der Waals surface area contributed by atoms with Crippen molar-refractivity contribution in [3.63, 3.8) is 0 Å². The van der Waals surface area contributed by atoms with Crippen LogP contribution in [0.5, 0.6) is 0 Å². The lowest BCUT2D eigenvalue weighted by molar-refractivity contribution is -0.130. The lowest BCUT2D eigenvalue weighted by Crippen LogP contribution is -2.51. The van der Waals surface area contributed by atoms with Gasteiger partial charge in [0.25, 0.3) is 0 Å². The molecule has 7 nitrogen and oxygen atoms in total. The predicted octanol–water partition coefficient (Wildman–Crippen LogP) is -1.77. The molecule has 2 amide bonds. The topological polar surface area (TPSA) is 86.8 Å². The van der Waals surface area contributed by atoms with Gasteiger partial charge in [0.2, 0.25) is 21.8 Å². The highest BCUT2D eigenvalue weighted by Gasteiger charge is 2.21. The molecule has 1 aliphatic heterocycles. The zero-order valence-electron chi connectivity index (χ0n) is 9.97. The first kappa shape index (κ1) is 13.9. The largest absolute Gasteiger partial charge is 0.340 e. The van der Waals surface area contributed by atoms with Crippen LogP contribution in [0, 0.1) is 0 Å². The van der Waals surface area contributed by atoms with E-state index in [1.165, 1.54) is 6.92 Å². The lowest BCUT2D eigenvalue weighted by Gasteiger charge is -2.33. The molecular formula is C9H17N3O4S. The molecule has 1 N–H and O–H groups in total. The Morgan fingerprint density at radius 3 is 2.12 bits per heavy atom. The van der Waals surface area contributed by atoms with E-state index in [1.54, 1.807) is 4.90 Å². The van der Waals surface area contributed by atoms with Crippen molar-refractivity contribution in [3.8, 4) is 0 Å². The summed E-state index contributed by atoms with van der Waals surface area (Å²) in [6.45, 7) is 3.85. The average molecular weight is 263 g/mol. The van der Waals surface area contributed by atoms with Crippen molar-refractivity contribution in [3.05, 3.63) is 0 Å². The van der Waals surface area contributed by atoms with Crippen LogP contribution in [0.25, 0.3) is 0 Å². The Kier molecular flexibility index (Phi) is 4.47. The molecule has 1 rings (SSSR count). The fourth-order valence-corrected chi connectivity index (χ4v) is 2.14. The van der Waals surface area contributed by atoms with E-state index >= 15 is 0 Å². The van der Waals surface area contributed by atoms with Crippen LogP contribution in [0.1, 0.15) is 6.92 Å². The van der Waals surface area contributed by atoms with Crippen molar-refractivity contribution in [1.82, 2.24) is 14.5 Å². The third-order valence-electron chi connectivity index (χ3n) is 2.48. The van der Waals surface area contributed by atoms with Crippen LogP contribution in [0.2, 0.25) is 0 Å². The Morgan fingerprint density at radius 1 is 1.18 bits per heavy atom. The normalized spacial score (nSPS) is 17.9. The Bertz CT molecular complexity index is 398. The number of sulfonamides is 1. The molecule has 98 valence electrons. The fraction of sp³-hybridized carbons (Fsp3) is 0.778. The van der Waals surface area contributed by atoms with Crippen molar-refractivity contribution in [2.24, 2.45) is 0 Å². The first-order chi connectivity index (χ1) is 7.78. The van der Waals surface area contributed by atoms with Gasteiger partial charge in [-0.25, -0.2) is 8.42 Å². The Morgan fingerprint density at radius 2 is 1.71 bits per heavy atom. The van der Waals surface area contributed by atoms with Crippen molar-refractivity contribution < 1.29 is 18.0 Å². The van der Waals surface area contributed by atoms with Crippen LogP contribution in [-0.2, 0) is 19.6 Å². The summed E-state index contributed by atoms with van der Waals surface area (Å²) in [7, 11) is -3.49. The van der Waals surface area contributed by atoms with Crippen LogP contribution in [0.15, 0.2) is 0 Å². The van der Waals surface area contributed by atoms with E-state index in [2.05, 4.69) is 0 Å². The molecule has 0 unspecified atom stereocenters. The molecule has 0 spiro atoms. The second kappa shape index (κ2) is 5.46. The number of piperazine rings is 1. The zero-order chi connectivity index (χ0) is 13.1. The summed E-state index contributed by atoms with van der Waals surface area (Å²) >= 11 is 0. The molecule has 1 saturated heterocycles. The minimum Gasteiger partial charge on any atom is -0.340 e. The maximum Gasteiger partial charge on any atom is 0.247 e. The molecule has 1 fully saturated rings. The number of amides is 2. The van der Waals surface area contributed by atoms with Gasteiger partial charge >= 0.3 is 0 Å². The number of carbonyl (C=O) groups is 2. The number of hydrogen-bond acceptors (Lipinski definition) is 5. The van der Waals surface area contributed by atoms with Crippen molar-refractivity contribution in [1.29, 1.82) is 0 Å². The number of hydrogen-bond donors (Lipinski definition) is 1. The molecule has 0 atom stereocenters. The molecular weight excluding hydrogens is 246 g/mol. The van der Waals surface area contributed by atoms with Gasteiger partial charge in [-0.1, -0.05) is 0 Å². The highest BCUT2D eigenvalue weighted by molar-refractivity contribution is 7.89. The molecule has 0 bridgehead atoms. The summed E-state index contributed by atoms with van der Waals surface area (Å²) in [6.07, 6.45) is 0.943. The van der Waals surface area contributed by atoms with Crippen LogP contribution in [0.4, 0.5) is 0 Å². The number of nitrogens with one attached hydrogen (secondary N) is 1. The van der Waals surface area contributed by atoms with Gasteiger partial charge in [0, 0.05) is 33.1 Å². The first-order valence-electron chi connectivity index (χ1n) is 5.26. The molecule has 0 saturated carbocycles. The third-order valence-corrected chi connectivity index (χ3v) is 3.08. The minimum atomic E-state index is -3.49. The van der Waals surface area contributed by atoms with Crippen molar-refractivity contribution in [2.45, 2.75) is 6.92 Å². The van der Waals surface area contributed by atoms with E-state index in [9.17, 15) is 18.0 Å². The molecule has 8 heteroatoms. The number of nitrogens with zero attached hydrogens (tertiary/aromatic N) is 2. The molecule has 0 aromatic heterocycles. The van der Waals surface area contributed by atoms with E-state index in [4.69, 9.17) is 0 Å². The monoisotopic (exact) mass is 263 g/mol. The van der Waals surface area contributed by atoms with Gasteiger partial charge in [-0.2, -0.15) is 0 Å². The quantitative estimate of drug-likeness (QED) is 0.651. The molecule has 0 aliphatic carbocycles. The summed E-state index contributed by atoms with van der Waals surface area (Å²) in [5.74, 6) is -0.519. The summed E-state index contributed by atoms with van der Waals surface area (Å²) in [5.41, 5.74) is 0. The second-order valence-corrected chi connectivity index (χ2v) is 5.83. The molecule has 0 aromatic rings. The summed E-state index contributed by atoms with van der Waals surface area (Å²) in [4.78, 5) is 25.9. The predicted molar refractivity (Wildman–Crippen MR) is 61.7 cm³/mol. The molecule has 17 heavy (non-hydrogen) atoms. The number of carbonyl (C=O) groups excluding carboxylic acids is 2. The second-order valence-electron chi connectivity index (χ2n) is 4.08. The Balaban J connectivity index is 2.36. The maximum atomic E-state index is 11.3. The van der Waals surface area contributed by atoms with Gasteiger partial charge in [-0.05, 0) is 0 Å². The summed E-state index contributed by atoms with van der Waals surface area (Å²) < 4.78 is 23.6. The van der Waals surface area contributed by atoms with Crippen LogP contribution in [-0.4, -0.2) is 69.0 Å². The molecule has 1 heterocycles. The molecule has 0 radical (unpaired) electrons. The van der Waals surface area contributed by atoms with Crippen molar-refractivity contribution >= 4 is 21.8 Å². The van der Waals surface area contributed by atoms with E-state index in [0.717, 1.165) is 6.26 Å². The molecule has 1 aliphatic rings. The SMILES string of the molecule is CC(=O)N1CCN(CC(=O)NS(C)(=O)=O)CC1. The number of rotatable bonds is 3. The van der Waals surface area contributed by atoms with E-state index < -0.39 is 15.9 Å². The van der Waals surface area contributed by atoms with E-state index in [1.807, 2.05) is 9.62 Å². The van der Waals surface area contributed by atoms with E-state index in [-0.39, 0.29) is 12.5 Å². The van der Waals surface area contributed by atoms with E-state index in [0.29, 0.717) is 26.2 Å². The van der Waals surface area contributed by atoms with Crippen LogP contribution >= 0.6 is 0 Å². The van der Waals surface area contributed by atoms with Crippen LogP contribution < -0.4 is 4.72 Å². The average Bonchev–Trinajstić information content (AvgIpc) is 2.15. The van der Waals surface area contributed by atoms with Gasteiger partial charge in [-0.3, -0.25) is 19.2 Å². The summed E-state index contributed by atoms with van der Waals surface area (Å²) in [5, 5.41) is 0. The maximum absolute atomic E-state index is 11.3. The first-order valence-corrected chi connectivity index (χ1v) is 7.15. The Labute approximate surface area is 101 Å². The highest BCUT2D eigenvalue weighted by atomic mass is 32.2. The van der Waals surface area contributed by atoms with Gasteiger partial charge < -0.3 is 4.90 Å². The lowest BCUT2D eigenvalue weighted by atomic mass is 10.3. The van der Waals surface area contributed by atoms with Gasteiger partial charge in [0.15, 0.2) is 0 Å². The zero-order valence-corrected chi connectivity index (χ0v) is 10.8. The summed E-state index contributed by atoms with van der Waals surface area (Å²) in [6, 6.07) is 0. The van der Waals surface area contributed by atoms with Gasteiger partial charge in [-0.15, -0.1) is 0 Å². The van der Waals surface area contributed by atoms with Gasteiger partial charge in [0.1, 0.15) is 0 Å². The van der Waals surface area contributed by atoms with Gasteiger partial charge in [0.05, 0.1) is 12.8 Å². The van der Waals surface area contributed by atoms with Crippen molar-refractivity contribution in [2.75, 3.05) is 39.0 Å². The standard InChI is InChI=1S/C9H17N3O4S/c1-8(13)12-5-3-11(4-6-12)7-9(14)10-17(2,15)16/h3-7H2,1-2H3,(H,10,14). The smallest absolute Gasteiger partial charge is 0.247 e. The Hall–Kier alpha value is -1.15. The fourth-order valence-electron chi connectivity index (χ4n) is 1.66. The third kappa shape index (κ3) is 5.14. The minimum absolute atomic E-state index is 0.0187.